The molecule has 0 aliphatic carbocycles. The van der Waals surface area contributed by atoms with E-state index in [1.165, 1.54) is 25.0 Å². The van der Waals surface area contributed by atoms with E-state index in [0.29, 0.717) is 6.04 Å². The molecule has 0 aliphatic heterocycles. The van der Waals surface area contributed by atoms with Gasteiger partial charge in [0.1, 0.15) is 0 Å². The van der Waals surface area contributed by atoms with E-state index in [1.807, 2.05) is 0 Å². The lowest BCUT2D eigenvalue weighted by Gasteiger charge is -2.14. The van der Waals surface area contributed by atoms with Gasteiger partial charge in [-0.05, 0) is 59.2 Å². The van der Waals surface area contributed by atoms with Crippen molar-refractivity contribution in [3.05, 3.63) is 17.5 Å². The summed E-state index contributed by atoms with van der Waals surface area (Å²) in [7, 11) is 0. The van der Waals surface area contributed by atoms with Crippen LogP contribution < -0.4 is 5.32 Å². The van der Waals surface area contributed by atoms with Gasteiger partial charge in [0.25, 0.3) is 0 Å². The second-order valence-electron chi connectivity index (χ2n) is 4.61. The Morgan fingerprint density at radius 1 is 1.38 bits per heavy atom. The molecule has 0 fully saturated rings. The molecule has 1 aromatic heterocycles. The van der Waals surface area contributed by atoms with E-state index >= 15 is 0 Å². The third-order valence-electron chi connectivity index (χ3n) is 2.86. The first-order valence-corrected chi connectivity index (χ1v) is 6.38. The Labute approximate surface area is 99.2 Å². The SMILES string of the molecule is CCCNCCCC(C)n1nc(C)cc1C. The van der Waals surface area contributed by atoms with E-state index in [2.05, 4.69) is 48.9 Å². The lowest BCUT2D eigenvalue weighted by Crippen LogP contribution is -2.17. The van der Waals surface area contributed by atoms with Crippen molar-refractivity contribution in [1.82, 2.24) is 15.1 Å². The summed E-state index contributed by atoms with van der Waals surface area (Å²) in [6.07, 6.45) is 3.63. The first-order chi connectivity index (χ1) is 7.65. The van der Waals surface area contributed by atoms with Crippen molar-refractivity contribution < 1.29 is 0 Å². The predicted molar refractivity (Wildman–Crippen MR) is 68.8 cm³/mol. The summed E-state index contributed by atoms with van der Waals surface area (Å²) in [5.74, 6) is 0. The van der Waals surface area contributed by atoms with E-state index in [0.717, 1.165) is 18.8 Å². The highest BCUT2D eigenvalue weighted by atomic mass is 15.3. The van der Waals surface area contributed by atoms with Crippen LogP contribution in [0.2, 0.25) is 0 Å². The van der Waals surface area contributed by atoms with Gasteiger partial charge in [-0.25, -0.2) is 0 Å². The van der Waals surface area contributed by atoms with Gasteiger partial charge >= 0.3 is 0 Å². The highest BCUT2D eigenvalue weighted by Gasteiger charge is 2.08. The van der Waals surface area contributed by atoms with Crippen LogP contribution in [0, 0.1) is 13.8 Å². The molecule has 0 saturated heterocycles. The lowest BCUT2D eigenvalue weighted by molar-refractivity contribution is 0.429. The molecule has 3 heteroatoms. The van der Waals surface area contributed by atoms with Crippen LogP contribution in [0.15, 0.2) is 6.07 Å². The van der Waals surface area contributed by atoms with Gasteiger partial charge in [0.2, 0.25) is 0 Å². The zero-order valence-corrected chi connectivity index (χ0v) is 11.1. The molecule has 16 heavy (non-hydrogen) atoms. The number of hydrogen-bond acceptors (Lipinski definition) is 2. The van der Waals surface area contributed by atoms with E-state index in [9.17, 15) is 0 Å². The average molecular weight is 223 g/mol. The van der Waals surface area contributed by atoms with Crippen molar-refractivity contribution in [3.63, 3.8) is 0 Å². The fraction of sp³-hybridized carbons (Fsp3) is 0.769. The third-order valence-corrected chi connectivity index (χ3v) is 2.86. The molecule has 92 valence electrons. The van der Waals surface area contributed by atoms with Crippen LogP contribution in [-0.4, -0.2) is 22.9 Å². The second kappa shape index (κ2) is 6.69. The Balaban J connectivity index is 2.29. The van der Waals surface area contributed by atoms with Gasteiger partial charge in [0.15, 0.2) is 0 Å². The third kappa shape index (κ3) is 3.97. The molecule has 1 atom stereocenters. The van der Waals surface area contributed by atoms with Crippen LogP contribution in [0.5, 0.6) is 0 Å². The molecule has 1 unspecified atom stereocenters. The van der Waals surface area contributed by atoms with Gasteiger partial charge in [-0.3, -0.25) is 4.68 Å². The van der Waals surface area contributed by atoms with Crippen LogP contribution in [-0.2, 0) is 0 Å². The number of aromatic nitrogens is 2. The summed E-state index contributed by atoms with van der Waals surface area (Å²) in [6, 6.07) is 2.66. The van der Waals surface area contributed by atoms with Crippen LogP contribution in [0.25, 0.3) is 0 Å². The molecule has 0 amide bonds. The summed E-state index contributed by atoms with van der Waals surface area (Å²) in [5, 5.41) is 7.95. The number of hydrogen-bond donors (Lipinski definition) is 1. The van der Waals surface area contributed by atoms with Crippen LogP contribution in [0.1, 0.15) is 50.5 Å². The molecule has 0 saturated carbocycles. The van der Waals surface area contributed by atoms with E-state index < -0.39 is 0 Å². The van der Waals surface area contributed by atoms with E-state index in [4.69, 9.17) is 0 Å². The average Bonchev–Trinajstić information content (AvgIpc) is 2.57. The highest BCUT2D eigenvalue weighted by Crippen LogP contribution is 2.15. The molecule has 0 radical (unpaired) electrons. The first kappa shape index (κ1) is 13.2. The molecule has 3 nitrogen and oxygen atoms in total. The number of aryl methyl sites for hydroxylation is 2. The van der Waals surface area contributed by atoms with Crippen molar-refractivity contribution in [2.75, 3.05) is 13.1 Å². The van der Waals surface area contributed by atoms with Crippen molar-refractivity contribution in [2.24, 2.45) is 0 Å². The van der Waals surface area contributed by atoms with E-state index in [1.54, 1.807) is 0 Å². The summed E-state index contributed by atoms with van der Waals surface area (Å²) < 4.78 is 2.15. The number of rotatable bonds is 7. The highest BCUT2D eigenvalue weighted by molar-refractivity contribution is 5.07. The minimum Gasteiger partial charge on any atom is -0.317 e. The summed E-state index contributed by atoms with van der Waals surface area (Å²) in [6.45, 7) is 10.9. The quantitative estimate of drug-likeness (QED) is 0.720. The van der Waals surface area contributed by atoms with Crippen molar-refractivity contribution in [3.8, 4) is 0 Å². The Kier molecular flexibility index (Phi) is 5.53. The summed E-state index contributed by atoms with van der Waals surface area (Å²) >= 11 is 0. The first-order valence-electron chi connectivity index (χ1n) is 6.38. The zero-order valence-electron chi connectivity index (χ0n) is 11.1. The predicted octanol–water partition coefficient (Wildman–Crippen LogP) is 2.84. The molecule has 0 bridgehead atoms. The molecular formula is C13H25N3. The van der Waals surface area contributed by atoms with Crippen LogP contribution in [0.3, 0.4) is 0 Å². The molecule has 1 aromatic rings. The molecule has 0 aromatic carbocycles. The minimum absolute atomic E-state index is 0.511. The molecule has 0 aliphatic rings. The monoisotopic (exact) mass is 223 g/mol. The van der Waals surface area contributed by atoms with Gasteiger partial charge in [0.05, 0.1) is 5.69 Å². The standard InChI is InChI=1S/C13H25N3/c1-5-8-14-9-6-7-12(3)16-13(4)10-11(2)15-16/h10,12,14H,5-9H2,1-4H3. The summed E-state index contributed by atoms with van der Waals surface area (Å²) in [4.78, 5) is 0. The van der Waals surface area contributed by atoms with Crippen LogP contribution >= 0.6 is 0 Å². The molecule has 1 heterocycles. The second-order valence-corrected chi connectivity index (χ2v) is 4.61. The van der Waals surface area contributed by atoms with Gasteiger partial charge in [-0.1, -0.05) is 6.92 Å². The zero-order chi connectivity index (χ0) is 12.0. The fourth-order valence-electron chi connectivity index (χ4n) is 2.04. The topological polar surface area (TPSA) is 29.9 Å². The van der Waals surface area contributed by atoms with Crippen molar-refractivity contribution >= 4 is 0 Å². The van der Waals surface area contributed by atoms with Gasteiger partial charge in [-0.15, -0.1) is 0 Å². The van der Waals surface area contributed by atoms with Crippen LogP contribution in [0.4, 0.5) is 0 Å². The normalized spacial score (nSPS) is 13.0. The van der Waals surface area contributed by atoms with Gasteiger partial charge < -0.3 is 5.32 Å². The maximum Gasteiger partial charge on any atom is 0.0596 e. The maximum absolute atomic E-state index is 4.52. The Hall–Kier alpha value is -0.830. The maximum atomic E-state index is 4.52. The molecule has 0 spiro atoms. The van der Waals surface area contributed by atoms with Gasteiger partial charge in [0, 0.05) is 11.7 Å². The minimum atomic E-state index is 0.511. The Bertz CT molecular complexity index is 304. The fourth-order valence-corrected chi connectivity index (χ4v) is 2.04. The van der Waals surface area contributed by atoms with Gasteiger partial charge in [-0.2, -0.15) is 5.10 Å². The van der Waals surface area contributed by atoms with E-state index in [-0.39, 0.29) is 0 Å². The number of nitrogens with zero attached hydrogens (tertiary/aromatic N) is 2. The molecule has 1 N–H and O–H groups in total. The largest absolute Gasteiger partial charge is 0.317 e. The molecular weight excluding hydrogens is 198 g/mol. The summed E-state index contributed by atoms with van der Waals surface area (Å²) in [5.41, 5.74) is 2.39. The van der Waals surface area contributed by atoms with Crippen molar-refractivity contribution in [1.29, 1.82) is 0 Å². The van der Waals surface area contributed by atoms with Crippen molar-refractivity contribution in [2.45, 2.75) is 53.0 Å². The Morgan fingerprint density at radius 3 is 2.69 bits per heavy atom. The Morgan fingerprint density at radius 2 is 2.12 bits per heavy atom. The molecule has 1 rings (SSSR count). The lowest BCUT2D eigenvalue weighted by atomic mass is 10.2. The number of nitrogens with one attached hydrogen (secondary N) is 1. The smallest absolute Gasteiger partial charge is 0.0596 e.